The molecule has 6 nitrogen and oxygen atoms in total. The minimum absolute atomic E-state index is 0.0413. The lowest BCUT2D eigenvalue weighted by atomic mass is 9.78. The van der Waals surface area contributed by atoms with Crippen molar-refractivity contribution in [1.29, 1.82) is 0 Å². The predicted octanol–water partition coefficient (Wildman–Crippen LogP) is 5.23. The minimum atomic E-state index is 0.0413. The molecule has 1 aromatic carbocycles. The van der Waals surface area contributed by atoms with Gasteiger partial charge in [-0.05, 0) is 49.8 Å². The molecule has 2 amide bonds. The van der Waals surface area contributed by atoms with Gasteiger partial charge >= 0.3 is 0 Å². The molecule has 31 heavy (non-hydrogen) atoms. The summed E-state index contributed by atoms with van der Waals surface area (Å²) in [6.07, 6.45) is 8.22. The Bertz CT molecular complexity index is 933. The van der Waals surface area contributed by atoms with E-state index in [1.165, 1.54) is 6.42 Å². The number of benzene rings is 1. The standard InChI is InChI=1S/C23H28Cl2N4O2/c24-18-8-6-14(10-19(18)25)7-9-22(30)26-17-11-16(12-17)20-13-21(29-28-20)27-23(31)15-4-2-1-3-5-15/h6,8,10,13,15-17H,1-5,7,9,11-12H2,(H,26,30)(H2,27,28,29,31). The fourth-order valence-corrected chi connectivity index (χ4v) is 4.77. The lowest BCUT2D eigenvalue weighted by molar-refractivity contribution is -0.122. The van der Waals surface area contributed by atoms with Crippen molar-refractivity contribution in [3.63, 3.8) is 0 Å². The van der Waals surface area contributed by atoms with Crippen LogP contribution in [0.3, 0.4) is 0 Å². The number of nitrogens with one attached hydrogen (secondary N) is 3. The highest BCUT2D eigenvalue weighted by Crippen LogP contribution is 2.37. The van der Waals surface area contributed by atoms with Crippen molar-refractivity contribution in [2.45, 2.75) is 69.7 Å². The topological polar surface area (TPSA) is 86.9 Å². The van der Waals surface area contributed by atoms with Crippen LogP contribution in [0, 0.1) is 5.92 Å². The van der Waals surface area contributed by atoms with Gasteiger partial charge in [0.15, 0.2) is 5.82 Å². The van der Waals surface area contributed by atoms with E-state index in [0.29, 0.717) is 34.6 Å². The van der Waals surface area contributed by atoms with Crippen molar-refractivity contribution >= 4 is 40.8 Å². The van der Waals surface area contributed by atoms with Crippen LogP contribution < -0.4 is 10.6 Å². The number of halogens is 2. The van der Waals surface area contributed by atoms with E-state index >= 15 is 0 Å². The zero-order valence-corrected chi connectivity index (χ0v) is 18.9. The fourth-order valence-electron chi connectivity index (χ4n) is 4.45. The van der Waals surface area contributed by atoms with Gasteiger partial charge in [0.1, 0.15) is 0 Å². The van der Waals surface area contributed by atoms with E-state index in [4.69, 9.17) is 23.2 Å². The molecule has 2 aromatic rings. The average Bonchev–Trinajstić information content (AvgIpc) is 3.19. The summed E-state index contributed by atoms with van der Waals surface area (Å²) in [6.45, 7) is 0. The number of aromatic amines is 1. The molecule has 2 aliphatic carbocycles. The van der Waals surface area contributed by atoms with E-state index in [2.05, 4.69) is 20.8 Å². The van der Waals surface area contributed by atoms with Crippen LogP contribution in [0.1, 0.15) is 68.5 Å². The lowest BCUT2D eigenvalue weighted by Gasteiger charge is -2.35. The molecule has 8 heteroatoms. The van der Waals surface area contributed by atoms with Crippen molar-refractivity contribution in [2.24, 2.45) is 5.92 Å². The first-order valence-electron chi connectivity index (χ1n) is 11.1. The second-order valence-corrected chi connectivity index (χ2v) is 9.53. The number of aromatic nitrogens is 2. The van der Waals surface area contributed by atoms with Gasteiger partial charge in [-0.15, -0.1) is 0 Å². The molecule has 1 heterocycles. The summed E-state index contributed by atoms with van der Waals surface area (Å²) < 4.78 is 0. The molecule has 0 saturated heterocycles. The van der Waals surface area contributed by atoms with E-state index in [-0.39, 0.29) is 23.8 Å². The van der Waals surface area contributed by atoms with Gasteiger partial charge in [-0.25, -0.2) is 0 Å². The van der Waals surface area contributed by atoms with E-state index in [0.717, 1.165) is 49.8 Å². The van der Waals surface area contributed by atoms with E-state index in [9.17, 15) is 9.59 Å². The van der Waals surface area contributed by atoms with Gasteiger partial charge in [0.2, 0.25) is 11.8 Å². The van der Waals surface area contributed by atoms with E-state index in [1.807, 2.05) is 12.1 Å². The Hall–Kier alpha value is -2.05. The fraction of sp³-hybridized carbons (Fsp3) is 0.522. The molecule has 3 N–H and O–H groups in total. The number of H-pyrrole nitrogens is 1. The van der Waals surface area contributed by atoms with Gasteiger partial charge in [0.25, 0.3) is 0 Å². The van der Waals surface area contributed by atoms with Crippen molar-refractivity contribution in [3.8, 4) is 0 Å². The van der Waals surface area contributed by atoms with Crippen LogP contribution in [0.15, 0.2) is 24.3 Å². The van der Waals surface area contributed by atoms with Gasteiger partial charge in [0.05, 0.1) is 10.0 Å². The number of hydrogen-bond acceptors (Lipinski definition) is 3. The molecule has 0 atom stereocenters. The quantitative estimate of drug-likeness (QED) is 0.526. The Morgan fingerprint density at radius 3 is 2.58 bits per heavy atom. The number of rotatable bonds is 7. The third-order valence-corrected chi connectivity index (χ3v) is 7.13. The van der Waals surface area contributed by atoms with Gasteiger partial charge in [-0.3, -0.25) is 14.7 Å². The Labute approximate surface area is 192 Å². The van der Waals surface area contributed by atoms with Gasteiger partial charge in [0, 0.05) is 36.1 Å². The van der Waals surface area contributed by atoms with Crippen molar-refractivity contribution in [2.75, 3.05) is 5.32 Å². The predicted molar refractivity (Wildman–Crippen MR) is 122 cm³/mol. The zero-order valence-electron chi connectivity index (χ0n) is 17.4. The number of carbonyl (C=O) groups is 2. The first-order chi connectivity index (χ1) is 15.0. The highest BCUT2D eigenvalue weighted by molar-refractivity contribution is 6.42. The summed E-state index contributed by atoms with van der Waals surface area (Å²) in [4.78, 5) is 24.6. The van der Waals surface area contributed by atoms with Crippen molar-refractivity contribution < 1.29 is 9.59 Å². The average molecular weight is 463 g/mol. The highest BCUT2D eigenvalue weighted by atomic mass is 35.5. The molecule has 0 radical (unpaired) electrons. The second kappa shape index (κ2) is 10.0. The first kappa shape index (κ1) is 22.2. The molecule has 2 aliphatic rings. The summed E-state index contributed by atoms with van der Waals surface area (Å²) in [7, 11) is 0. The third kappa shape index (κ3) is 5.80. The van der Waals surface area contributed by atoms with Crippen LogP contribution in [-0.2, 0) is 16.0 Å². The number of amides is 2. The van der Waals surface area contributed by atoms with Crippen LogP contribution >= 0.6 is 23.2 Å². The van der Waals surface area contributed by atoms with Crippen LogP contribution in [0.2, 0.25) is 10.0 Å². The SMILES string of the molecule is O=C(CCc1ccc(Cl)c(Cl)c1)NC1CC(c2cc(NC(=O)C3CCCCC3)n[nH]2)C1. The van der Waals surface area contributed by atoms with Crippen LogP contribution in [0.25, 0.3) is 0 Å². The zero-order chi connectivity index (χ0) is 21.8. The largest absolute Gasteiger partial charge is 0.353 e. The maximum absolute atomic E-state index is 12.4. The summed E-state index contributed by atoms with van der Waals surface area (Å²) in [5.41, 5.74) is 2.01. The van der Waals surface area contributed by atoms with Crippen LogP contribution in [0.5, 0.6) is 0 Å². The van der Waals surface area contributed by atoms with Gasteiger partial charge in [-0.2, -0.15) is 5.10 Å². The highest BCUT2D eigenvalue weighted by Gasteiger charge is 2.33. The molecule has 4 rings (SSSR count). The maximum Gasteiger partial charge on any atom is 0.228 e. The smallest absolute Gasteiger partial charge is 0.228 e. The summed E-state index contributed by atoms with van der Waals surface area (Å²) in [5.74, 6) is 1.16. The van der Waals surface area contributed by atoms with Crippen molar-refractivity contribution in [3.05, 3.63) is 45.6 Å². The molecule has 0 spiro atoms. The molecular weight excluding hydrogens is 435 g/mol. The van der Waals surface area contributed by atoms with Crippen LogP contribution in [0.4, 0.5) is 5.82 Å². The third-order valence-electron chi connectivity index (χ3n) is 6.39. The second-order valence-electron chi connectivity index (χ2n) is 8.71. The Kier molecular flexibility index (Phi) is 7.18. The number of carbonyl (C=O) groups excluding carboxylic acids is 2. The minimum Gasteiger partial charge on any atom is -0.353 e. The molecular formula is C23H28Cl2N4O2. The molecule has 0 unspecified atom stereocenters. The number of aryl methyl sites for hydroxylation is 1. The Morgan fingerprint density at radius 1 is 1.06 bits per heavy atom. The molecule has 166 valence electrons. The molecule has 2 saturated carbocycles. The normalized spacial score (nSPS) is 21.4. The van der Waals surface area contributed by atoms with Crippen molar-refractivity contribution in [1.82, 2.24) is 15.5 Å². The summed E-state index contributed by atoms with van der Waals surface area (Å²) in [6, 6.07) is 7.55. The van der Waals surface area contributed by atoms with Gasteiger partial charge in [-0.1, -0.05) is 48.5 Å². The van der Waals surface area contributed by atoms with E-state index in [1.54, 1.807) is 12.1 Å². The lowest BCUT2D eigenvalue weighted by Crippen LogP contribution is -2.43. The molecule has 1 aromatic heterocycles. The Balaban J connectivity index is 1.18. The van der Waals surface area contributed by atoms with E-state index < -0.39 is 0 Å². The molecule has 0 bridgehead atoms. The van der Waals surface area contributed by atoms with Crippen LogP contribution in [-0.4, -0.2) is 28.1 Å². The molecule has 2 fully saturated rings. The first-order valence-corrected chi connectivity index (χ1v) is 11.8. The van der Waals surface area contributed by atoms with Gasteiger partial charge < -0.3 is 10.6 Å². The number of hydrogen-bond donors (Lipinski definition) is 3. The summed E-state index contributed by atoms with van der Waals surface area (Å²) >= 11 is 12.0. The molecule has 0 aliphatic heterocycles. The summed E-state index contributed by atoms with van der Waals surface area (Å²) in [5, 5.41) is 14.4. The monoisotopic (exact) mass is 462 g/mol. The number of nitrogens with zero attached hydrogens (tertiary/aromatic N) is 1. The Morgan fingerprint density at radius 2 is 1.84 bits per heavy atom. The number of anilines is 1. The maximum atomic E-state index is 12.4.